The number of carbonyl (C=O) groups excluding carboxylic acids is 1. The van der Waals surface area contributed by atoms with E-state index >= 15 is 0 Å². The van der Waals surface area contributed by atoms with E-state index in [0.29, 0.717) is 13.2 Å². The van der Waals surface area contributed by atoms with Gasteiger partial charge in [-0.25, -0.2) is 0 Å². The van der Waals surface area contributed by atoms with E-state index in [0.717, 1.165) is 37.4 Å². The number of anilines is 1. The highest BCUT2D eigenvalue weighted by Gasteiger charge is 2.15. The SMILES string of the molecule is CCNCC(=O)Nc1ccc(OCC2CCCO2)cc1. The van der Waals surface area contributed by atoms with Gasteiger partial charge in [0.1, 0.15) is 12.4 Å². The molecule has 1 aliphatic heterocycles. The van der Waals surface area contributed by atoms with E-state index in [4.69, 9.17) is 9.47 Å². The molecule has 2 rings (SSSR count). The molecule has 0 radical (unpaired) electrons. The quantitative estimate of drug-likeness (QED) is 0.798. The maximum atomic E-state index is 11.5. The van der Waals surface area contributed by atoms with Crippen molar-refractivity contribution < 1.29 is 14.3 Å². The lowest BCUT2D eigenvalue weighted by molar-refractivity contribution is -0.115. The molecule has 1 heterocycles. The highest BCUT2D eigenvalue weighted by molar-refractivity contribution is 5.92. The van der Waals surface area contributed by atoms with Gasteiger partial charge in [0.25, 0.3) is 0 Å². The van der Waals surface area contributed by atoms with Gasteiger partial charge in [0.15, 0.2) is 0 Å². The van der Waals surface area contributed by atoms with Gasteiger partial charge in [-0.15, -0.1) is 0 Å². The van der Waals surface area contributed by atoms with Crippen LogP contribution in [0.4, 0.5) is 5.69 Å². The molecule has 1 unspecified atom stereocenters. The Morgan fingerprint density at radius 2 is 2.20 bits per heavy atom. The zero-order valence-corrected chi connectivity index (χ0v) is 11.9. The molecule has 5 heteroatoms. The predicted molar refractivity (Wildman–Crippen MR) is 78.1 cm³/mol. The minimum absolute atomic E-state index is 0.0418. The molecule has 1 aromatic carbocycles. The Balaban J connectivity index is 1.75. The molecular weight excluding hydrogens is 256 g/mol. The summed E-state index contributed by atoms with van der Waals surface area (Å²) in [5, 5.41) is 5.80. The van der Waals surface area contributed by atoms with Gasteiger partial charge in [-0.1, -0.05) is 6.92 Å². The summed E-state index contributed by atoms with van der Waals surface area (Å²) in [5.74, 6) is 0.755. The van der Waals surface area contributed by atoms with Crippen LogP contribution in [0.1, 0.15) is 19.8 Å². The minimum Gasteiger partial charge on any atom is -0.491 e. The molecule has 110 valence electrons. The first-order valence-corrected chi connectivity index (χ1v) is 7.13. The summed E-state index contributed by atoms with van der Waals surface area (Å²) in [7, 11) is 0. The summed E-state index contributed by atoms with van der Waals surface area (Å²) < 4.78 is 11.2. The van der Waals surface area contributed by atoms with Crippen molar-refractivity contribution in [3.8, 4) is 5.75 Å². The Hall–Kier alpha value is -1.59. The fourth-order valence-electron chi connectivity index (χ4n) is 2.04. The van der Waals surface area contributed by atoms with Crippen molar-refractivity contribution in [3.63, 3.8) is 0 Å². The summed E-state index contributed by atoms with van der Waals surface area (Å²) in [6.45, 7) is 4.50. The molecule has 20 heavy (non-hydrogen) atoms. The number of rotatable bonds is 7. The molecule has 0 bridgehead atoms. The van der Waals surface area contributed by atoms with Gasteiger partial charge < -0.3 is 20.1 Å². The van der Waals surface area contributed by atoms with E-state index < -0.39 is 0 Å². The fourth-order valence-corrected chi connectivity index (χ4v) is 2.04. The van der Waals surface area contributed by atoms with Crippen molar-refractivity contribution in [1.82, 2.24) is 5.32 Å². The molecule has 1 saturated heterocycles. The molecule has 2 N–H and O–H groups in total. The number of hydrogen-bond donors (Lipinski definition) is 2. The van der Waals surface area contributed by atoms with Crippen LogP contribution < -0.4 is 15.4 Å². The number of nitrogens with one attached hydrogen (secondary N) is 2. The first kappa shape index (κ1) is 14.8. The summed E-state index contributed by atoms with van der Waals surface area (Å²) in [6, 6.07) is 7.40. The second-order valence-corrected chi connectivity index (χ2v) is 4.80. The lowest BCUT2D eigenvalue weighted by Gasteiger charge is -2.12. The standard InChI is InChI=1S/C15H22N2O3/c1-2-16-10-15(18)17-12-5-7-13(8-6-12)20-11-14-4-3-9-19-14/h5-8,14,16H,2-4,9-11H2,1H3,(H,17,18). The van der Waals surface area contributed by atoms with Crippen LogP contribution >= 0.6 is 0 Å². The Morgan fingerprint density at radius 1 is 1.40 bits per heavy atom. The molecule has 1 aromatic rings. The predicted octanol–water partition coefficient (Wildman–Crippen LogP) is 1.79. The van der Waals surface area contributed by atoms with Gasteiger partial charge >= 0.3 is 0 Å². The van der Waals surface area contributed by atoms with Crippen LogP contribution in [0, 0.1) is 0 Å². The molecule has 0 spiro atoms. The third-order valence-corrected chi connectivity index (χ3v) is 3.13. The van der Waals surface area contributed by atoms with E-state index in [-0.39, 0.29) is 12.0 Å². The topological polar surface area (TPSA) is 59.6 Å². The number of carbonyl (C=O) groups is 1. The molecule has 1 aliphatic rings. The lowest BCUT2D eigenvalue weighted by Crippen LogP contribution is -2.27. The monoisotopic (exact) mass is 278 g/mol. The summed E-state index contributed by atoms with van der Waals surface area (Å²) >= 11 is 0. The van der Waals surface area contributed by atoms with Crippen molar-refractivity contribution in [2.45, 2.75) is 25.9 Å². The zero-order chi connectivity index (χ0) is 14.2. The first-order valence-electron chi connectivity index (χ1n) is 7.13. The average molecular weight is 278 g/mol. The van der Waals surface area contributed by atoms with E-state index in [1.54, 1.807) is 0 Å². The Morgan fingerprint density at radius 3 is 2.85 bits per heavy atom. The van der Waals surface area contributed by atoms with Crippen molar-refractivity contribution >= 4 is 11.6 Å². The second-order valence-electron chi connectivity index (χ2n) is 4.80. The fraction of sp³-hybridized carbons (Fsp3) is 0.533. The minimum atomic E-state index is -0.0418. The molecule has 0 aromatic heterocycles. The van der Waals surface area contributed by atoms with Crippen molar-refractivity contribution in [3.05, 3.63) is 24.3 Å². The summed E-state index contributed by atoms with van der Waals surface area (Å²) in [5.41, 5.74) is 0.775. The third-order valence-electron chi connectivity index (χ3n) is 3.13. The number of likely N-dealkylation sites (N-methyl/N-ethyl adjacent to an activating group) is 1. The van der Waals surface area contributed by atoms with Crippen molar-refractivity contribution in [2.24, 2.45) is 0 Å². The van der Waals surface area contributed by atoms with Crippen LogP contribution in [-0.4, -0.2) is 38.3 Å². The van der Waals surface area contributed by atoms with Gasteiger partial charge in [-0.3, -0.25) is 4.79 Å². The van der Waals surface area contributed by atoms with E-state index in [2.05, 4.69) is 10.6 Å². The Labute approximate surface area is 119 Å². The molecular formula is C15H22N2O3. The maximum absolute atomic E-state index is 11.5. The highest BCUT2D eigenvalue weighted by atomic mass is 16.5. The third kappa shape index (κ3) is 4.83. The van der Waals surface area contributed by atoms with Gasteiger partial charge in [-0.2, -0.15) is 0 Å². The number of ether oxygens (including phenoxy) is 2. The van der Waals surface area contributed by atoms with E-state index in [1.165, 1.54) is 0 Å². The van der Waals surface area contributed by atoms with Gasteiger partial charge in [0, 0.05) is 12.3 Å². The number of benzene rings is 1. The second kappa shape index (κ2) is 7.87. The molecule has 1 fully saturated rings. The maximum Gasteiger partial charge on any atom is 0.238 e. The van der Waals surface area contributed by atoms with Crippen LogP contribution in [0.15, 0.2) is 24.3 Å². The normalized spacial score (nSPS) is 17.9. The lowest BCUT2D eigenvalue weighted by atomic mass is 10.2. The van der Waals surface area contributed by atoms with Gasteiger partial charge in [-0.05, 0) is 43.7 Å². The van der Waals surface area contributed by atoms with Crippen LogP contribution in [0.2, 0.25) is 0 Å². The first-order chi connectivity index (χ1) is 9.78. The Bertz CT molecular complexity index is 414. The Kier molecular flexibility index (Phi) is 5.83. The number of amides is 1. The van der Waals surface area contributed by atoms with E-state index in [1.807, 2.05) is 31.2 Å². The van der Waals surface area contributed by atoms with Crippen molar-refractivity contribution in [2.75, 3.05) is 31.6 Å². The average Bonchev–Trinajstić information content (AvgIpc) is 2.98. The highest BCUT2D eigenvalue weighted by Crippen LogP contribution is 2.18. The summed E-state index contributed by atoms with van der Waals surface area (Å²) in [4.78, 5) is 11.5. The summed E-state index contributed by atoms with van der Waals surface area (Å²) in [6.07, 6.45) is 2.40. The molecule has 0 saturated carbocycles. The van der Waals surface area contributed by atoms with Gasteiger partial charge in [0.2, 0.25) is 5.91 Å². The van der Waals surface area contributed by atoms with Crippen molar-refractivity contribution in [1.29, 1.82) is 0 Å². The largest absolute Gasteiger partial charge is 0.491 e. The molecule has 0 aliphatic carbocycles. The smallest absolute Gasteiger partial charge is 0.238 e. The molecule has 1 atom stereocenters. The van der Waals surface area contributed by atoms with Crippen LogP contribution in [0.3, 0.4) is 0 Å². The van der Waals surface area contributed by atoms with Crippen LogP contribution in [0.5, 0.6) is 5.75 Å². The van der Waals surface area contributed by atoms with E-state index in [9.17, 15) is 4.79 Å². The van der Waals surface area contributed by atoms with Crippen LogP contribution in [-0.2, 0) is 9.53 Å². The zero-order valence-electron chi connectivity index (χ0n) is 11.9. The molecule has 1 amide bonds. The molecule has 5 nitrogen and oxygen atoms in total. The number of hydrogen-bond acceptors (Lipinski definition) is 4. The van der Waals surface area contributed by atoms with Gasteiger partial charge in [0.05, 0.1) is 12.6 Å². The van der Waals surface area contributed by atoms with Crippen LogP contribution in [0.25, 0.3) is 0 Å².